The molecular weight excluding hydrogens is 472 g/mol. The summed E-state index contributed by atoms with van der Waals surface area (Å²) in [6.45, 7) is 4.87. The molecule has 0 spiro atoms. The quantitative estimate of drug-likeness (QED) is 0.554. The molecule has 0 unspecified atom stereocenters. The third-order valence-corrected chi connectivity index (χ3v) is 7.18. The number of morpholine rings is 1. The lowest BCUT2D eigenvalue weighted by Gasteiger charge is -2.26. The normalized spacial score (nSPS) is 20.4. The molecule has 0 bridgehead atoms. The monoisotopic (exact) mass is 504 g/mol. The van der Waals surface area contributed by atoms with Gasteiger partial charge in [-0.3, -0.25) is 29.4 Å². The van der Waals surface area contributed by atoms with Crippen molar-refractivity contribution in [3.05, 3.63) is 70.3 Å². The second-order valence-corrected chi connectivity index (χ2v) is 9.91. The van der Waals surface area contributed by atoms with E-state index in [1.54, 1.807) is 11.0 Å². The molecule has 2 N–H and O–H groups in total. The van der Waals surface area contributed by atoms with Gasteiger partial charge in [0.2, 0.25) is 17.7 Å². The predicted octanol–water partition coefficient (Wildman–Crippen LogP) is 1.53. The number of rotatable bonds is 7. The summed E-state index contributed by atoms with van der Waals surface area (Å²) < 4.78 is 5.41. The number of carbonyl (C=O) groups is 4. The number of carbonyl (C=O) groups excluding carboxylic acids is 4. The van der Waals surface area contributed by atoms with Crippen molar-refractivity contribution in [3.8, 4) is 0 Å². The van der Waals surface area contributed by atoms with E-state index in [9.17, 15) is 19.2 Å². The van der Waals surface area contributed by atoms with Gasteiger partial charge in [0, 0.05) is 44.7 Å². The van der Waals surface area contributed by atoms with Crippen LogP contribution in [0.25, 0.3) is 0 Å². The van der Waals surface area contributed by atoms with Crippen molar-refractivity contribution in [2.45, 2.75) is 51.4 Å². The van der Waals surface area contributed by atoms with Crippen molar-refractivity contribution in [3.63, 3.8) is 0 Å². The second-order valence-electron chi connectivity index (χ2n) is 9.91. The smallest absolute Gasteiger partial charge is 0.255 e. The Kier molecular flexibility index (Phi) is 7.62. The van der Waals surface area contributed by atoms with Gasteiger partial charge in [-0.15, -0.1) is 0 Å². The first-order valence-corrected chi connectivity index (χ1v) is 12.9. The Hall–Kier alpha value is -3.56. The van der Waals surface area contributed by atoms with Crippen molar-refractivity contribution in [1.29, 1.82) is 0 Å². The van der Waals surface area contributed by atoms with Crippen LogP contribution in [-0.4, -0.2) is 65.8 Å². The third-order valence-electron chi connectivity index (χ3n) is 7.18. The molecule has 0 saturated carbocycles. The first kappa shape index (κ1) is 25.1. The highest BCUT2D eigenvalue weighted by Crippen LogP contribution is 2.28. The lowest BCUT2D eigenvalue weighted by molar-refractivity contribution is -0.132. The van der Waals surface area contributed by atoms with Crippen molar-refractivity contribution < 1.29 is 23.9 Å². The van der Waals surface area contributed by atoms with E-state index in [4.69, 9.17) is 4.74 Å². The fraction of sp³-hybridized carbons (Fsp3) is 0.429. The molecule has 194 valence electrons. The van der Waals surface area contributed by atoms with Gasteiger partial charge >= 0.3 is 0 Å². The minimum Gasteiger partial charge on any atom is -0.379 e. The van der Waals surface area contributed by atoms with Crippen LogP contribution >= 0.6 is 0 Å². The van der Waals surface area contributed by atoms with E-state index in [2.05, 4.69) is 27.7 Å². The third kappa shape index (κ3) is 6.06. The fourth-order valence-corrected chi connectivity index (χ4v) is 5.23. The molecule has 0 aromatic heterocycles. The van der Waals surface area contributed by atoms with E-state index in [1.165, 1.54) is 5.56 Å². The number of nitrogens with one attached hydrogen (secondary N) is 2. The van der Waals surface area contributed by atoms with Crippen molar-refractivity contribution in [2.24, 2.45) is 0 Å². The number of hydrogen-bond acceptors (Lipinski definition) is 6. The Labute approximate surface area is 216 Å². The Morgan fingerprint density at radius 2 is 1.84 bits per heavy atom. The Bertz CT molecular complexity index is 1210. The second kappa shape index (κ2) is 11.2. The average molecular weight is 505 g/mol. The molecule has 9 nitrogen and oxygen atoms in total. The van der Waals surface area contributed by atoms with Crippen LogP contribution in [0.4, 0.5) is 0 Å². The topological polar surface area (TPSA) is 108 Å². The number of benzene rings is 2. The van der Waals surface area contributed by atoms with Crippen LogP contribution in [0.5, 0.6) is 0 Å². The summed E-state index contributed by atoms with van der Waals surface area (Å²) in [5.41, 5.74) is 4.44. The number of ether oxygens (including phenoxy) is 1. The van der Waals surface area contributed by atoms with Crippen molar-refractivity contribution in [2.75, 3.05) is 26.3 Å². The van der Waals surface area contributed by atoms with Gasteiger partial charge < -0.3 is 15.0 Å². The van der Waals surface area contributed by atoms with Crippen LogP contribution < -0.4 is 10.6 Å². The molecular formula is C28H32N4O5. The van der Waals surface area contributed by atoms with Gasteiger partial charge in [0.1, 0.15) is 6.04 Å². The van der Waals surface area contributed by atoms with Crippen LogP contribution in [0.15, 0.2) is 42.5 Å². The summed E-state index contributed by atoms with van der Waals surface area (Å²) in [6, 6.07) is 13.0. The van der Waals surface area contributed by atoms with Gasteiger partial charge in [0.15, 0.2) is 0 Å². The van der Waals surface area contributed by atoms with Crippen LogP contribution in [0.3, 0.4) is 0 Å². The van der Waals surface area contributed by atoms with E-state index in [1.807, 2.05) is 24.3 Å². The summed E-state index contributed by atoms with van der Waals surface area (Å²) in [6.07, 6.45) is 1.62. The van der Waals surface area contributed by atoms with Gasteiger partial charge in [-0.05, 0) is 41.2 Å². The van der Waals surface area contributed by atoms with Gasteiger partial charge in [-0.1, -0.05) is 36.4 Å². The summed E-state index contributed by atoms with van der Waals surface area (Å²) in [5.74, 6) is -0.970. The van der Waals surface area contributed by atoms with Gasteiger partial charge in [0.05, 0.1) is 19.6 Å². The molecule has 5 rings (SSSR count). The fourth-order valence-electron chi connectivity index (χ4n) is 5.23. The van der Waals surface area contributed by atoms with E-state index < -0.39 is 11.9 Å². The largest absolute Gasteiger partial charge is 0.379 e. The molecule has 0 aliphatic carbocycles. The number of nitrogens with zero attached hydrogens (tertiary/aromatic N) is 2. The molecule has 2 aromatic rings. The molecule has 3 aliphatic heterocycles. The molecule has 2 aromatic carbocycles. The number of hydrogen-bond donors (Lipinski definition) is 2. The Morgan fingerprint density at radius 1 is 1.03 bits per heavy atom. The zero-order valence-electron chi connectivity index (χ0n) is 20.8. The molecule has 1 atom stereocenters. The molecule has 9 heteroatoms. The maximum absolute atomic E-state index is 13.0. The minimum atomic E-state index is -0.645. The molecule has 37 heavy (non-hydrogen) atoms. The first-order valence-electron chi connectivity index (χ1n) is 12.9. The Balaban J connectivity index is 1.16. The number of imide groups is 1. The van der Waals surface area contributed by atoms with E-state index in [0.717, 1.165) is 49.5 Å². The maximum atomic E-state index is 13.0. The summed E-state index contributed by atoms with van der Waals surface area (Å²) >= 11 is 0. The van der Waals surface area contributed by atoms with E-state index >= 15 is 0 Å². The lowest BCUT2D eigenvalue weighted by atomic mass is 10.1. The summed E-state index contributed by atoms with van der Waals surface area (Å²) in [5, 5.41) is 5.36. The van der Waals surface area contributed by atoms with Gasteiger partial charge in [-0.2, -0.15) is 0 Å². The zero-order chi connectivity index (χ0) is 25.8. The summed E-state index contributed by atoms with van der Waals surface area (Å²) in [7, 11) is 0. The molecule has 3 heterocycles. The molecule has 2 saturated heterocycles. The highest BCUT2D eigenvalue weighted by atomic mass is 16.5. The van der Waals surface area contributed by atoms with Gasteiger partial charge in [-0.25, -0.2) is 0 Å². The number of amides is 4. The number of fused-ring (bicyclic) bond motifs is 1. The minimum absolute atomic E-state index is 0.0680. The molecule has 3 aliphatic rings. The van der Waals surface area contributed by atoms with Crippen LogP contribution in [0.1, 0.15) is 51.9 Å². The van der Waals surface area contributed by atoms with Crippen molar-refractivity contribution in [1.82, 2.24) is 20.4 Å². The van der Waals surface area contributed by atoms with E-state index in [0.29, 0.717) is 44.3 Å². The highest BCUT2D eigenvalue weighted by Gasteiger charge is 2.37. The lowest BCUT2D eigenvalue weighted by Crippen LogP contribution is -2.46. The van der Waals surface area contributed by atoms with Crippen LogP contribution in [0.2, 0.25) is 0 Å². The molecule has 2 fully saturated rings. The predicted molar refractivity (Wildman–Crippen MR) is 135 cm³/mol. The molecule has 0 radical (unpaired) electrons. The van der Waals surface area contributed by atoms with Crippen molar-refractivity contribution >= 4 is 23.6 Å². The molecule has 4 amide bonds. The first-order chi connectivity index (χ1) is 18.0. The standard InChI is InChI=1S/C28H32N4O5/c33-25-6-2-5-24(27(35)30-25)32-18-22-14-20(7-8-23(22)28(32)36)16-29-26(34)15-19-3-1-4-21(13-19)17-31-9-11-37-12-10-31/h1,3-4,7-8,13-14,24H,2,5-6,9-12,15-18H2,(H,29,34)(H,30,33,35)/t24-/m0/s1. The Morgan fingerprint density at radius 3 is 2.68 bits per heavy atom. The highest BCUT2D eigenvalue weighted by molar-refractivity contribution is 6.04. The van der Waals surface area contributed by atoms with Crippen LogP contribution in [0, 0.1) is 0 Å². The van der Waals surface area contributed by atoms with Crippen LogP contribution in [-0.2, 0) is 45.2 Å². The average Bonchev–Trinajstić information content (AvgIpc) is 3.10. The van der Waals surface area contributed by atoms with Gasteiger partial charge in [0.25, 0.3) is 5.91 Å². The summed E-state index contributed by atoms with van der Waals surface area (Å²) in [4.78, 5) is 53.6. The zero-order valence-corrected chi connectivity index (χ0v) is 20.8. The maximum Gasteiger partial charge on any atom is 0.255 e. The SMILES string of the molecule is O=C(Cc1cccc(CN2CCOCC2)c1)NCc1ccc2c(c1)CN([C@H]1CCCC(=O)NC1=O)C2=O. The van der Waals surface area contributed by atoms with E-state index in [-0.39, 0.29) is 17.7 Å².